The molecule has 8 heteroatoms. The Kier molecular flexibility index (Phi) is 8.66. The zero-order valence-corrected chi connectivity index (χ0v) is 21.5. The van der Waals surface area contributed by atoms with E-state index in [1.807, 2.05) is 74.5 Å². The summed E-state index contributed by atoms with van der Waals surface area (Å²) >= 11 is 0. The molecular formula is C30H32N4O4. The van der Waals surface area contributed by atoms with Crippen LogP contribution in [0.2, 0.25) is 0 Å². The summed E-state index contributed by atoms with van der Waals surface area (Å²) in [5.74, 6) is -1.37. The van der Waals surface area contributed by atoms with Crippen LogP contribution >= 0.6 is 0 Å². The van der Waals surface area contributed by atoms with Gasteiger partial charge in [0.2, 0.25) is 5.91 Å². The molecule has 0 fully saturated rings. The second-order valence-electron chi connectivity index (χ2n) is 9.56. The monoisotopic (exact) mass is 512 g/mol. The van der Waals surface area contributed by atoms with Crippen LogP contribution in [0.1, 0.15) is 35.5 Å². The van der Waals surface area contributed by atoms with Crippen LogP contribution in [0.25, 0.3) is 5.70 Å². The average Bonchev–Trinajstić information content (AvgIpc) is 2.94. The topological polar surface area (TPSA) is 103 Å². The number of nitrogens with one attached hydrogen (secondary N) is 1. The lowest BCUT2D eigenvalue weighted by atomic mass is 9.96. The molecule has 0 spiro atoms. The first-order chi connectivity index (χ1) is 18.4. The second-order valence-corrected chi connectivity index (χ2v) is 9.56. The summed E-state index contributed by atoms with van der Waals surface area (Å²) in [7, 11) is 0. The summed E-state index contributed by atoms with van der Waals surface area (Å²) in [6.45, 7) is 3.24. The number of benzene rings is 2. The first-order valence-electron chi connectivity index (χ1n) is 12.7. The third-order valence-corrected chi connectivity index (χ3v) is 6.40. The highest BCUT2D eigenvalue weighted by Gasteiger charge is 2.41. The molecule has 196 valence electrons. The minimum atomic E-state index is -0.817. The summed E-state index contributed by atoms with van der Waals surface area (Å²) < 4.78 is 0. The van der Waals surface area contributed by atoms with Crippen LogP contribution in [0, 0.1) is 5.92 Å². The fourth-order valence-electron chi connectivity index (χ4n) is 4.57. The number of hydrogen-bond donors (Lipinski definition) is 2. The molecule has 2 N–H and O–H groups in total. The van der Waals surface area contributed by atoms with Crippen LogP contribution in [0.3, 0.4) is 0 Å². The lowest BCUT2D eigenvalue weighted by molar-refractivity contribution is -0.138. The molecule has 0 unspecified atom stereocenters. The van der Waals surface area contributed by atoms with Gasteiger partial charge >= 0.3 is 0 Å². The third-order valence-electron chi connectivity index (χ3n) is 6.40. The van der Waals surface area contributed by atoms with E-state index in [9.17, 15) is 19.5 Å². The van der Waals surface area contributed by atoms with E-state index in [-0.39, 0.29) is 30.7 Å². The van der Waals surface area contributed by atoms with Gasteiger partial charge in [0.15, 0.2) is 0 Å². The highest BCUT2D eigenvalue weighted by atomic mass is 16.3. The Morgan fingerprint density at radius 2 is 1.63 bits per heavy atom. The SMILES string of the molecule is CC(C)[C@@H]1C(=O)N(CC(=O)N[C@H](CO)Cc2ccccc2)C(c2ccccc2)=CN1C(=O)c1ccccn1. The number of aliphatic hydroxyl groups excluding tert-OH is 1. The predicted octanol–water partition coefficient (Wildman–Crippen LogP) is 3.11. The average molecular weight is 513 g/mol. The standard InChI is InChI=1S/C30H32N4O4/c1-21(2)28-30(38)33(19-27(36)32-24(20-35)17-22-11-5-3-6-12-22)26(23-13-7-4-8-14-23)18-34(28)29(37)25-15-9-10-16-31-25/h3-16,18,21,24,28,35H,17,19-20H2,1-2H3,(H,32,36)/t24-,28+/m0/s1. The maximum atomic E-state index is 13.9. The number of aliphatic hydroxyl groups is 1. The van der Waals surface area contributed by atoms with Crippen molar-refractivity contribution in [3.05, 3.63) is 108 Å². The van der Waals surface area contributed by atoms with Crippen molar-refractivity contribution in [2.75, 3.05) is 13.2 Å². The molecule has 1 aliphatic heterocycles. The number of aromatic nitrogens is 1. The Morgan fingerprint density at radius 1 is 0.974 bits per heavy atom. The lowest BCUT2D eigenvalue weighted by Crippen LogP contribution is -2.56. The Morgan fingerprint density at radius 3 is 2.24 bits per heavy atom. The molecule has 0 saturated heterocycles. The van der Waals surface area contributed by atoms with Crippen molar-refractivity contribution in [3.63, 3.8) is 0 Å². The number of rotatable bonds is 9. The van der Waals surface area contributed by atoms with E-state index in [2.05, 4.69) is 10.3 Å². The molecule has 8 nitrogen and oxygen atoms in total. The number of pyridine rings is 1. The van der Waals surface area contributed by atoms with Crippen LogP contribution in [-0.4, -0.2) is 62.8 Å². The van der Waals surface area contributed by atoms with Crippen molar-refractivity contribution in [3.8, 4) is 0 Å². The van der Waals surface area contributed by atoms with Crippen LogP contribution in [0.4, 0.5) is 0 Å². The van der Waals surface area contributed by atoms with Crippen molar-refractivity contribution < 1.29 is 19.5 Å². The predicted molar refractivity (Wildman–Crippen MR) is 144 cm³/mol. The number of carbonyl (C=O) groups excluding carboxylic acids is 3. The summed E-state index contributed by atoms with van der Waals surface area (Å²) in [6.07, 6.45) is 3.63. The Bertz CT molecular complexity index is 1280. The smallest absolute Gasteiger partial charge is 0.277 e. The molecule has 3 amide bonds. The van der Waals surface area contributed by atoms with E-state index < -0.39 is 23.9 Å². The highest BCUT2D eigenvalue weighted by Crippen LogP contribution is 2.30. The Hall–Kier alpha value is -4.30. The van der Waals surface area contributed by atoms with Gasteiger partial charge in [0.05, 0.1) is 18.3 Å². The van der Waals surface area contributed by atoms with Gasteiger partial charge in [-0.15, -0.1) is 0 Å². The second kappa shape index (κ2) is 12.3. The summed E-state index contributed by atoms with van der Waals surface area (Å²) in [5.41, 5.74) is 2.34. The van der Waals surface area contributed by atoms with E-state index in [4.69, 9.17) is 0 Å². The van der Waals surface area contributed by atoms with Gasteiger partial charge in [-0.1, -0.05) is 80.6 Å². The van der Waals surface area contributed by atoms with Gasteiger partial charge in [-0.25, -0.2) is 0 Å². The first-order valence-corrected chi connectivity index (χ1v) is 12.7. The first kappa shape index (κ1) is 26.8. The van der Waals surface area contributed by atoms with Crippen LogP contribution in [-0.2, 0) is 16.0 Å². The van der Waals surface area contributed by atoms with Gasteiger partial charge in [-0.3, -0.25) is 29.2 Å². The molecule has 4 rings (SSSR count). The van der Waals surface area contributed by atoms with Gasteiger partial charge < -0.3 is 10.4 Å². The quantitative estimate of drug-likeness (QED) is 0.459. The fourth-order valence-corrected chi connectivity index (χ4v) is 4.57. The maximum absolute atomic E-state index is 13.9. The van der Waals surface area contributed by atoms with Gasteiger partial charge in [0.1, 0.15) is 18.3 Å². The van der Waals surface area contributed by atoms with Crippen LogP contribution < -0.4 is 5.32 Å². The zero-order chi connectivity index (χ0) is 27.1. The number of amides is 3. The molecule has 2 atom stereocenters. The van der Waals surface area contributed by atoms with Crippen molar-refractivity contribution in [2.45, 2.75) is 32.4 Å². The van der Waals surface area contributed by atoms with Crippen LogP contribution in [0.15, 0.2) is 91.3 Å². The van der Waals surface area contributed by atoms with Gasteiger partial charge in [0.25, 0.3) is 11.8 Å². The molecule has 2 aromatic carbocycles. The molecule has 0 radical (unpaired) electrons. The molecular weight excluding hydrogens is 480 g/mol. The Labute approximate surface area is 222 Å². The summed E-state index contributed by atoms with van der Waals surface area (Å²) in [5, 5.41) is 12.7. The van der Waals surface area contributed by atoms with Crippen molar-refractivity contribution in [1.29, 1.82) is 0 Å². The van der Waals surface area contributed by atoms with E-state index in [1.165, 1.54) is 16.0 Å². The summed E-state index contributed by atoms with van der Waals surface area (Å²) in [6, 6.07) is 22.5. The highest BCUT2D eigenvalue weighted by molar-refractivity contribution is 6.03. The molecule has 3 aromatic rings. The number of carbonyl (C=O) groups is 3. The normalized spacial score (nSPS) is 16.3. The summed E-state index contributed by atoms with van der Waals surface area (Å²) in [4.78, 5) is 47.6. The van der Waals surface area contributed by atoms with Gasteiger partial charge in [-0.2, -0.15) is 0 Å². The van der Waals surface area contributed by atoms with E-state index in [0.717, 1.165) is 5.56 Å². The molecule has 38 heavy (non-hydrogen) atoms. The fraction of sp³-hybridized carbons (Fsp3) is 0.267. The van der Waals surface area contributed by atoms with Crippen molar-refractivity contribution in [1.82, 2.24) is 20.1 Å². The van der Waals surface area contributed by atoms with E-state index in [0.29, 0.717) is 17.7 Å². The third kappa shape index (κ3) is 6.15. The van der Waals surface area contributed by atoms with Crippen molar-refractivity contribution >= 4 is 23.4 Å². The number of hydrogen-bond acceptors (Lipinski definition) is 5. The van der Waals surface area contributed by atoms with E-state index in [1.54, 1.807) is 24.4 Å². The molecule has 0 saturated carbocycles. The Balaban J connectivity index is 1.64. The zero-order valence-electron chi connectivity index (χ0n) is 21.5. The molecule has 0 bridgehead atoms. The largest absolute Gasteiger partial charge is 0.394 e. The van der Waals surface area contributed by atoms with E-state index >= 15 is 0 Å². The minimum Gasteiger partial charge on any atom is -0.394 e. The number of nitrogens with zero attached hydrogens (tertiary/aromatic N) is 3. The van der Waals surface area contributed by atoms with Crippen LogP contribution in [0.5, 0.6) is 0 Å². The molecule has 1 aliphatic rings. The van der Waals surface area contributed by atoms with Gasteiger partial charge in [-0.05, 0) is 35.6 Å². The molecule has 1 aromatic heterocycles. The van der Waals surface area contributed by atoms with Crippen molar-refractivity contribution in [2.24, 2.45) is 5.92 Å². The molecule has 2 heterocycles. The minimum absolute atomic E-state index is 0.224. The molecule has 0 aliphatic carbocycles. The lowest BCUT2D eigenvalue weighted by Gasteiger charge is -2.41. The van der Waals surface area contributed by atoms with Gasteiger partial charge in [0, 0.05) is 12.4 Å². The maximum Gasteiger partial charge on any atom is 0.277 e.